The number of amides is 3. The number of terminal acetylenes is 1. The van der Waals surface area contributed by atoms with E-state index < -0.39 is 35.2 Å². The Morgan fingerprint density at radius 2 is 1.73 bits per heavy atom. The number of aromatic nitrogens is 4. The summed E-state index contributed by atoms with van der Waals surface area (Å²) in [6, 6.07) is 4.44. The molecule has 3 aromatic heterocycles. The van der Waals surface area contributed by atoms with Gasteiger partial charge in [-0.3, -0.25) is 19.4 Å². The minimum Gasteiger partial charge on any atom is -0.508 e. The molecule has 7 heterocycles. The van der Waals surface area contributed by atoms with Crippen molar-refractivity contribution in [1.82, 2.24) is 45.7 Å². The molecule has 0 radical (unpaired) electrons. The van der Waals surface area contributed by atoms with Crippen LogP contribution in [0.3, 0.4) is 0 Å². The van der Waals surface area contributed by atoms with Crippen LogP contribution in [0.1, 0.15) is 120 Å². The van der Waals surface area contributed by atoms with Gasteiger partial charge in [-0.05, 0) is 99.4 Å². The third-order valence-electron chi connectivity index (χ3n) is 16.3. The van der Waals surface area contributed by atoms with Crippen molar-refractivity contribution in [2.75, 3.05) is 50.7 Å². The monoisotopic (exact) mass is 1100 g/mol. The summed E-state index contributed by atoms with van der Waals surface area (Å²) < 4.78 is 38.6. The molecule has 1 aliphatic carbocycles. The van der Waals surface area contributed by atoms with Crippen molar-refractivity contribution in [3.05, 3.63) is 81.5 Å². The zero-order valence-electron chi connectivity index (χ0n) is 45.6. The number of benzene rings is 2. The first-order valence-corrected chi connectivity index (χ1v) is 28.9. The minimum absolute atomic E-state index is 0.0162. The maximum absolute atomic E-state index is 17.1. The Labute approximate surface area is 464 Å². The number of hydrogen-bond acceptors (Lipinski definition) is 14. The Bertz CT molecular complexity index is 3200. The molecule has 5 N–H and O–H groups in total. The number of aromatic hydroxyl groups is 1. The number of carbonyl (C=O) groups is 3. The lowest BCUT2D eigenvalue weighted by molar-refractivity contribution is -0.144. The lowest BCUT2D eigenvalue weighted by Gasteiger charge is -2.35. The van der Waals surface area contributed by atoms with E-state index in [1.165, 1.54) is 39.6 Å². The van der Waals surface area contributed by atoms with E-state index in [4.69, 9.17) is 16.1 Å². The van der Waals surface area contributed by atoms with Crippen LogP contribution in [0.25, 0.3) is 38.5 Å². The molecule has 10 rings (SSSR count). The van der Waals surface area contributed by atoms with E-state index >= 15 is 8.78 Å². The van der Waals surface area contributed by atoms with E-state index in [0.29, 0.717) is 42.6 Å². The summed E-state index contributed by atoms with van der Waals surface area (Å²) in [5.74, 6) is 0.518. The van der Waals surface area contributed by atoms with Gasteiger partial charge in [-0.2, -0.15) is 9.97 Å². The number of piperidine rings is 1. The number of pyridine rings is 1. The zero-order valence-corrected chi connectivity index (χ0v) is 46.4. The number of β-amino-alcohol motifs (C(OH)–C–C–N with tert-alkyl or cyclic N) is 1. The Morgan fingerprint density at radius 1 is 0.975 bits per heavy atom. The number of piperazine rings is 1. The van der Waals surface area contributed by atoms with Crippen LogP contribution in [-0.4, -0.2) is 140 Å². The molecule has 0 saturated carbocycles. The van der Waals surface area contributed by atoms with Gasteiger partial charge in [0.15, 0.2) is 5.82 Å². The van der Waals surface area contributed by atoms with Gasteiger partial charge in [-0.25, -0.2) is 13.8 Å². The fraction of sp³-hybridized carbons (Fsp3) is 0.517. The van der Waals surface area contributed by atoms with Crippen LogP contribution in [-0.2, 0) is 14.4 Å². The summed E-state index contributed by atoms with van der Waals surface area (Å²) in [5.41, 5.74) is 4.54. The van der Waals surface area contributed by atoms with Gasteiger partial charge in [0.1, 0.15) is 46.8 Å². The van der Waals surface area contributed by atoms with Gasteiger partial charge in [0.05, 0.1) is 33.1 Å². The molecule has 5 atom stereocenters. The molecule has 3 unspecified atom stereocenters. The summed E-state index contributed by atoms with van der Waals surface area (Å²) in [4.78, 5) is 66.8. The summed E-state index contributed by atoms with van der Waals surface area (Å²) in [7, 11) is 0. The van der Waals surface area contributed by atoms with Gasteiger partial charge in [-0.1, -0.05) is 69.7 Å². The summed E-state index contributed by atoms with van der Waals surface area (Å²) in [6.07, 6.45) is 20.5. The van der Waals surface area contributed by atoms with Crippen molar-refractivity contribution >= 4 is 62.1 Å². The summed E-state index contributed by atoms with van der Waals surface area (Å²) >= 11 is 1.63. The average molecular weight is 1100 g/mol. The standard InChI is InChI=1S/C60H72F2N10O6S/c1-6-44-47(61)20-17-38-26-41(73)27-45(50(38)44)52-51(62)53-46(30-63-52)56(71-31-39-18-19-40(32-71)66-39)69-59(68-53)78-43-21-24-70(25-22-43)23-11-9-7-8-10-12-49(75)67-55(60(3,4)5)58(77)72-33-42(74)28-48(72)57(76)64-29-36-13-15-37(16-14-36)54-35(2)65-34-79-54/h1,13,15,17,20,26-27,30,34,39-40,42-43,48,55,66,73-74H,7-12,14,16,18-19,21-25,28-29,31-33H2,2-5H3,(H,64,76)(H,67,75)/t39?,40?,42-,48?,55-/m1/s1. The number of aliphatic hydroxyl groups excluding tert-OH is 1. The number of phenols is 1. The highest BCUT2D eigenvalue weighted by Crippen LogP contribution is 2.40. The second-order valence-electron chi connectivity index (χ2n) is 23.2. The number of ether oxygens (including phenoxy) is 1. The number of unbranched alkanes of at least 4 members (excludes halogenated alkanes) is 4. The van der Waals surface area contributed by atoms with Crippen molar-refractivity contribution in [1.29, 1.82) is 0 Å². The number of allylic oxidation sites excluding steroid dienone is 3. The molecule has 0 spiro atoms. The molecule has 2 aromatic carbocycles. The van der Waals surface area contributed by atoms with Crippen molar-refractivity contribution in [2.24, 2.45) is 5.41 Å². The lowest BCUT2D eigenvalue weighted by atomic mass is 9.85. The number of nitrogens with zero attached hydrogens (tertiary/aromatic N) is 7. The number of phenolic OH excluding ortho intramolecular Hbond substituents is 1. The SMILES string of the molecule is C#Cc1c(F)ccc2cc(O)cc(-c3ncc4c(N5CC6CCC(C5)N6)nc(OC5CCN(CCCCCCCC(=O)N[C@H](C(=O)N6C[C@H](O)CC6C(=O)NCC6=CC=C(c7scnc7C)CC6)C(C)(C)C)CC5)nc4c3F)c12. The molecule has 3 amide bonds. The zero-order chi connectivity index (χ0) is 55.5. The molecular weight excluding hydrogens is 1030 g/mol. The van der Waals surface area contributed by atoms with Gasteiger partial charge >= 0.3 is 6.01 Å². The molecule has 5 aliphatic rings. The highest BCUT2D eigenvalue weighted by Gasteiger charge is 2.45. The maximum atomic E-state index is 17.1. The second-order valence-corrected chi connectivity index (χ2v) is 24.0. The van der Waals surface area contributed by atoms with E-state index in [9.17, 15) is 24.6 Å². The van der Waals surface area contributed by atoms with E-state index in [1.807, 2.05) is 39.3 Å². The van der Waals surface area contributed by atoms with Gasteiger partial charge in [0, 0.05) is 81.3 Å². The molecule has 79 heavy (non-hydrogen) atoms. The lowest BCUT2D eigenvalue weighted by Crippen LogP contribution is -2.57. The fourth-order valence-electron chi connectivity index (χ4n) is 12.1. The Hall–Kier alpha value is -6.59. The van der Waals surface area contributed by atoms with Gasteiger partial charge in [0.25, 0.3) is 0 Å². The molecule has 4 aliphatic heterocycles. The molecule has 19 heteroatoms. The third-order valence-corrected chi connectivity index (χ3v) is 17.3. The molecule has 5 aromatic rings. The van der Waals surface area contributed by atoms with Crippen molar-refractivity contribution < 1.29 is 38.1 Å². The molecular formula is C60H72F2N10O6S. The average Bonchev–Trinajstić information content (AvgIpc) is 4.15. The van der Waals surface area contributed by atoms with Gasteiger partial charge in [-0.15, -0.1) is 17.8 Å². The molecule has 4 saturated heterocycles. The fourth-order valence-corrected chi connectivity index (χ4v) is 12.9. The Kier molecular flexibility index (Phi) is 16.9. The number of likely N-dealkylation sites (tertiary alicyclic amines) is 2. The van der Waals surface area contributed by atoms with Crippen LogP contribution in [0.2, 0.25) is 0 Å². The number of hydrogen-bond donors (Lipinski definition) is 5. The number of carbonyl (C=O) groups excluding carboxylic acids is 3. The molecule has 2 bridgehead atoms. The van der Waals surface area contributed by atoms with Crippen LogP contribution >= 0.6 is 11.3 Å². The van der Waals surface area contributed by atoms with Gasteiger partial charge < -0.3 is 45.6 Å². The van der Waals surface area contributed by atoms with E-state index in [1.54, 1.807) is 17.5 Å². The number of fused-ring (bicyclic) bond motifs is 4. The first-order chi connectivity index (χ1) is 38.0. The Balaban J connectivity index is 0.689. The number of rotatable bonds is 18. The highest BCUT2D eigenvalue weighted by atomic mass is 32.1. The first kappa shape index (κ1) is 55.7. The molecule has 418 valence electrons. The number of aryl methyl sites for hydroxylation is 1. The number of nitrogens with one attached hydrogen (secondary N) is 3. The predicted octanol–water partition coefficient (Wildman–Crippen LogP) is 8.11. The molecule has 4 fully saturated rings. The quantitative estimate of drug-likeness (QED) is 0.0417. The van der Waals surface area contributed by atoms with Crippen LogP contribution in [0.15, 0.2) is 53.7 Å². The number of aliphatic hydroxyl groups is 1. The maximum Gasteiger partial charge on any atom is 0.319 e. The third kappa shape index (κ3) is 12.6. The summed E-state index contributed by atoms with van der Waals surface area (Å²) in [6.45, 7) is 12.0. The topological polar surface area (TPSA) is 198 Å². The first-order valence-electron chi connectivity index (χ1n) is 28.0. The predicted molar refractivity (Wildman–Crippen MR) is 302 cm³/mol. The number of thiazole rings is 1. The van der Waals surface area contributed by atoms with E-state index in [-0.39, 0.29) is 94.8 Å². The van der Waals surface area contributed by atoms with Crippen LogP contribution < -0.4 is 25.6 Å². The van der Waals surface area contributed by atoms with E-state index in [0.717, 1.165) is 95.1 Å². The van der Waals surface area contributed by atoms with Crippen molar-refractivity contribution in [2.45, 2.75) is 148 Å². The minimum atomic E-state index is -0.870. The number of halogens is 2. The van der Waals surface area contributed by atoms with Crippen LogP contribution in [0.5, 0.6) is 11.8 Å². The molecule has 16 nitrogen and oxygen atoms in total. The summed E-state index contributed by atoms with van der Waals surface area (Å²) in [5, 5.41) is 32.1. The second kappa shape index (κ2) is 24.0. The van der Waals surface area contributed by atoms with Crippen LogP contribution in [0.4, 0.5) is 14.6 Å². The van der Waals surface area contributed by atoms with Gasteiger partial charge in [0.2, 0.25) is 17.7 Å². The highest BCUT2D eigenvalue weighted by molar-refractivity contribution is 7.10. The van der Waals surface area contributed by atoms with Crippen LogP contribution in [0, 0.1) is 36.3 Å². The smallest absolute Gasteiger partial charge is 0.319 e. The van der Waals surface area contributed by atoms with Crippen molar-refractivity contribution in [3.8, 4) is 35.4 Å². The van der Waals surface area contributed by atoms with E-state index in [2.05, 4.69) is 52.7 Å². The number of anilines is 1. The normalized spacial score (nSPS) is 21.2. The largest absolute Gasteiger partial charge is 0.508 e. The van der Waals surface area contributed by atoms with Crippen molar-refractivity contribution in [3.63, 3.8) is 0 Å². The Morgan fingerprint density at radius 3 is 2.44 bits per heavy atom.